The minimum absolute atomic E-state index is 0.277. The first-order valence-corrected chi connectivity index (χ1v) is 7.91. The van der Waals surface area contributed by atoms with Crippen molar-refractivity contribution in [3.63, 3.8) is 0 Å². The number of hydrogen-bond acceptors (Lipinski definition) is 2. The first-order chi connectivity index (χ1) is 9.81. The van der Waals surface area contributed by atoms with Crippen LogP contribution in [0.1, 0.15) is 39.4 Å². The molecule has 2 N–H and O–H groups in total. The van der Waals surface area contributed by atoms with Gasteiger partial charge in [-0.05, 0) is 40.0 Å². The number of anilines is 1. The summed E-state index contributed by atoms with van der Waals surface area (Å²) in [4.78, 5) is 4.71. The van der Waals surface area contributed by atoms with E-state index < -0.39 is 0 Å². The van der Waals surface area contributed by atoms with Crippen molar-refractivity contribution in [3.8, 4) is 11.3 Å². The lowest BCUT2D eigenvalue weighted by Gasteiger charge is -2.14. The standard InChI is InChI=1S/C16H21BrFN3/c1-9(2)8-21-15(19)14(20-16(21)10(3)4)12-6-5-11(18)7-13(12)17/h5-7,9-10H,8,19H2,1-4H3. The van der Waals surface area contributed by atoms with Gasteiger partial charge in [-0.1, -0.05) is 27.7 Å². The van der Waals surface area contributed by atoms with E-state index in [1.807, 2.05) is 0 Å². The average Bonchev–Trinajstić information content (AvgIpc) is 2.67. The van der Waals surface area contributed by atoms with Crippen LogP contribution in [0.2, 0.25) is 0 Å². The van der Waals surface area contributed by atoms with E-state index in [0.29, 0.717) is 21.9 Å². The van der Waals surface area contributed by atoms with Crippen LogP contribution in [-0.4, -0.2) is 9.55 Å². The van der Waals surface area contributed by atoms with Crippen molar-refractivity contribution in [2.45, 2.75) is 40.2 Å². The van der Waals surface area contributed by atoms with E-state index in [1.54, 1.807) is 6.07 Å². The zero-order valence-electron chi connectivity index (χ0n) is 12.8. The molecule has 2 rings (SSSR count). The molecular weight excluding hydrogens is 333 g/mol. The third-order valence-corrected chi connectivity index (χ3v) is 3.94. The molecule has 0 spiro atoms. The van der Waals surface area contributed by atoms with Gasteiger partial charge in [0.05, 0.1) is 0 Å². The first kappa shape index (κ1) is 16.0. The summed E-state index contributed by atoms with van der Waals surface area (Å²) in [5.74, 6) is 2.07. The monoisotopic (exact) mass is 353 g/mol. The molecule has 0 unspecified atom stereocenters. The maximum Gasteiger partial charge on any atom is 0.131 e. The van der Waals surface area contributed by atoms with Gasteiger partial charge in [0.1, 0.15) is 23.2 Å². The van der Waals surface area contributed by atoms with Crippen LogP contribution >= 0.6 is 15.9 Å². The smallest absolute Gasteiger partial charge is 0.131 e. The van der Waals surface area contributed by atoms with Gasteiger partial charge in [-0.2, -0.15) is 0 Å². The van der Waals surface area contributed by atoms with Crippen LogP contribution in [-0.2, 0) is 6.54 Å². The molecule has 0 atom stereocenters. The van der Waals surface area contributed by atoms with Gasteiger partial charge in [-0.3, -0.25) is 0 Å². The zero-order chi connectivity index (χ0) is 15.7. The van der Waals surface area contributed by atoms with Crippen molar-refractivity contribution in [2.24, 2.45) is 5.92 Å². The van der Waals surface area contributed by atoms with Crippen LogP contribution in [0.4, 0.5) is 10.2 Å². The van der Waals surface area contributed by atoms with E-state index in [2.05, 4.69) is 48.2 Å². The van der Waals surface area contributed by atoms with Crippen molar-refractivity contribution in [3.05, 3.63) is 34.3 Å². The minimum Gasteiger partial charge on any atom is -0.383 e. The molecule has 0 aliphatic carbocycles. The Balaban J connectivity index is 2.59. The number of nitrogens with zero attached hydrogens (tertiary/aromatic N) is 2. The van der Waals surface area contributed by atoms with Crippen LogP contribution in [0.5, 0.6) is 0 Å². The highest BCUT2D eigenvalue weighted by Gasteiger charge is 2.20. The Bertz CT molecular complexity index is 647. The molecule has 0 fully saturated rings. The highest BCUT2D eigenvalue weighted by molar-refractivity contribution is 9.10. The maximum atomic E-state index is 13.3. The summed E-state index contributed by atoms with van der Waals surface area (Å²) < 4.78 is 16.0. The molecule has 21 heavy (non-hydrogen) atoms. The van der Waals surface area contributed by atoms with Crippen LogP contribution in [0.15, 0.2) is 22.7 Å². The third kappa shape index (κ3) is 3.28. The van der Waals surface area contributed by atoms with Gasteiger partial charge in [-0.15, -0.1) is 0 Å². The number of benzene rings is 1. The normalized spacial score (nSPS) is 11.6. The predicted octanol–water partition coefficient (Wildman–Crippen LogP) is 4.81. The molecule has 3 nitrogen and oxygen atoms in total. The number of hydrogen-bond donors (Lipinski definition) is 1. The van der Waals surface area contributed by atoms with E-state index in [-0.39, 0.29) is 11.7 Å². The lowest BCUT2D eigenvalue weighted by atomic mass is 10.1. The topological polar surface area (TPSA) is 43.8 Å². The fraction of sp³-hybridized carbons (Fsp3) is 0.438. The highest BCUT2D eigenvalue weighted by atomic mass is 79.9. The molecule has 2 aromatic rings. The number of nitrogens with two attached hydrogens (primary N) is 1. The van der Waals surface area contributed by atoms with E-state index >= 15 is 0 Å². The van der Waals surface area contributed by atoms with Crippen molar-refractivity contribution < 1.29 is 4.39 Å². The van der Waals surface area contributed by atoms with Crippen LogP contribution in [0.25, 0.3) is 11.3 Å². The molecule has 0 radical (unpaired) electrons. The van der Waals surface area contributed by atoms with E-state index in [9.17, 15) is 4.39 Å². The molecule has 1 heterocycles. The summed E-state index contributed by atoms with van der Waals surface area (Å²) in [6.07, 6.45) is 0. The van der Waals surface area contributed by atoms with Crippen molar-refractivity contribution in [1.29, 1.82) is 0 Å². The second-order valence-electron chi connectivity index (χ2n) is 5.99. The molecule has 0 aliphatic heterocycles. The molecule has 1 aromatic carbocycles. The Morgan fingerprint density at radius 2 is 1.95 bits per heavy atom. The van der Waals surface area contributed by atoms with Gasteiger partial charge < -0.3 is 10.3 Å². The number of nitrogen functional groups attached to an aromatic ring is 1. The maximum absolute atomic E-state index is 13.3. The molecular formula is C16H21BrFN3. The molecule has 0 aliphatic rings. The summed E-state index contributed by atoms with van der Waals surface area (Å²) >= 11 is 3.39. The highest BCUT2D eigenvalue weighted by Crippen LogP contribution is 2.34. The van der Waals surface area contributed by atoms with Gasteiger partial charge >= 0.3 is 0 Å². The molecule has 0 amide bonds. The Morgan fingerprint density at radius 3 is 2.48 bits per heavy atom. The number of imidazole rings is 1. The second kappa shape index (κ2) is 6.18. The van der Waals surface area contributed by atoms with Gasteiger partial charge in [0.2, 0.25) is 0 Å². The van der Waals surface area contributed by atoms with Gasteiger partial charge in [-0.25, -0.2) is 9.37 Å². The molecule has 5 heteroatoms. The Labute approximate surface area is 133 Å². The number of rotatable bonds is 4. The van der Waals surface area contributed by atoms with Gasteiger partial charge in [0, 0.05) is 22.5 Å². The summed E-state index contributed by atoms with van der Waals surface area (Å²) in [5, 5.41) is 0. The molecule has 1 aromatic heterocycles. The van der Waals surface area contributed by atoms with Crippen molar-refractivity contribution in [1.82, 2.24) is 9.55 Å². The van der Waals surface area contributed by atoms with Crippen molar-refractivity contribution >= 4 is 21.7 Å². The Morgan fingerprint density at radius 1 is 1.29 bits per heavy atom. The summed E-state index contributed by atoms with van der Waals surface area (Å²) in [5.41, 5.74) is 7.85. The molecule has 114 valence electrons. The van der Waals surface area contributed by atoms with Crippen LogP contribution in [0, 0.1) is 11.7 Å². The number of aromatic nitrogens is 2. The third-order valence-electron chi connectivity index (χ3n) is 3.29. The molecule has 0 saturated carbocycles. The second-order valence-corrected chi connectivity index (χ2v) is 6.84. The van der Waals surface area contributed by atoms with E-state index in [4.69, 9.17) is 10.7 Å². The van der Waals surface area contributed by atoms with E-state index in [0.717, 1.165) is 17.9 Å². The zero-order valence-corrected chi connectivity index (χ0v) is 14.4. The number of halogens is 2. The SMILES string of the molecule is CC(C)Cn1c(C(C)C)nc(-c2ccc(F)cc2Br)c1N. The largest absolute Gasteiger partial charge is 0.383 e. The summed E-state index contributed by atoms with van der Waals surface area (Å²) in [6, 6.07) is 4.57. The Kier molecular flexibility index (Phi) is 4.71. The minimum atomic E-state index is -0.283. The van der Waals surface area contributed by atoms with Gasteiger partial charge in [0.15, 0.2) is 0 Å². The van der Waals surface area contributed by atoms with Gasteiger partial charge in [0.25, 0.3) is 0 Å². The molecule has 0 saturated heterocycles. The predicted molar refractivity (Wildman–Crippen MR) is 88.7 cm³/mol. The quantitative estimate of drug-likeness (QED) is 0.856. The van der Waals surface area contributed by atoms with Crippen molar-refractivity contribution in [2.75, 3.05) is 5.73 Å². The van der Waals surface area contributed by atoms with Crippen LogP contribution < -0.4 is 5.73 Å². The van der Waals surface area contributed by atoms with E-state index in [1.165, 1.54) is 12.1 Å². The first-order valence-electron chi connectivity index (χ1n) is 7.12. The lowest BCUT2D eigenvalue weighted by molar-refractivity contribution is 0.502. The lowest BCUT2D eigenvalue weighted by Crippen LogP contribution is -2.12. The average molecular weight is 354 g/mol. The summed E-state index contributed by atoms with van der Waals surface area (Å²) in [6.45, 7) is 9.32. The Hall–Kier alpha value is -1.36. The fourth-order valence-electron chi connectivity index (χ4n) is 2.36. The summed E-state index contributed by atoms with van der Waals surface area (Å²) in [7, 11) is 0. The van der Waals surface area contributed by atoms with Crippen LogP contribution in [0.3, 0.4) is 0 Å². The fourth-order valence-corrected chi connectivity index (χ4v) is 2.90. The molecule has 0 bridgehead atoms.